The van der Waals surface area contributed by atoms with Gasteiger partial charge in [-0.2, -0.15) is 0 Å². The second-order valence-corrected chi connectivity index (χ2v) is 9.49. The van der Waals surface area contributed by atoms with E-state index in [2.05, 4.69) is 15.1 Å². The Balaban J connectivity index is 1.24. The van der Waals surface area contributed by atoms with E-state index >= 15 is 0 Å². The lowest BCUT2D eigenvalue weighted by Crippen LogP contribution is -2.50. The minimum absolute atomic E-state index is 0.00355. The highest BCUT2D eigenvalue weighted by atomic mass is 16.5. The number of hydrogen-bond acceptors (Lipinski definition) is 7. The van der Waals surface area contributed by atoms with E-state index in [4.69, 9.17) is 14.2 Å². The van der Waals surface area contributed by atoms with Crippen molar-refractivity contribution in [3.05, 3.63) is 41.5 Å². The van der Waals surface area contributed by atoms with E-state index < -0.39 is 0 Å². The second-order valence-electron chi connectivity index (χ2n) is 9.49. The molecule has 2 saturated heterocycles. The Morgan fingerprint density at radius 2 is 1.72 bits per heavy atom. The number of piperidine rings is 1. The summed E-state index contributed by atoms with van der Waals surface area (Å²) in [4.78, 5) is 32.3. The maximum Gasteiger partial charge on any atom is 0.254 e. The third kappa shape index (κ3) is 4.43. The molecule has 3 aliphatic heterocycles. The van der Waals surface area contributed by atoms with Crippen molar-refractivity contribution >= 4 is 23.2 Å². The van der Waals surface area contributed by atoms with Crippen molar-refractivity contribution < 1.29 is 23.8 Å². The summed E-state index contributed by atoms with van der Waals surface area (Å²) in [6, 6.07) is 9.50. The van der Waals surface area contributed by atoms with E-state index in [-0.39, 0.29) is 17.9 Å². The van der Waals surface area contributed by atoms with Gasteiger partial charge in [0.2, 0.25) is 11.7 Å². The molecule has 0 spiro atoms. The number of carbonyl (C=O) groups excluding carboxylic acids is 2. The molecule has 3 aliphatic rings. The first-order chi connectivity index (χ1) is 17.5. The summed E-state index contributed by atoms with van der Waals surface area (Å²) >= 11 is 0. The van der Waals surface area contributed by atoms with Gasteiger partial charge in [-0.3, -0.25) is 14.5 Å². The molecule has 0 aliphatic carbocycles. The van der Waals surface area contributed by atoms with E-state index in [1.807, 2.05) is 35.2 Å². The predicted octanol–water partition coefficient (Wildman–Crippen LogP) is 2.98. The third-order valence-corrected chi connectivity index (χ3v) is 7.46. The number of rotatable bonds is 6. The van der Waals surface area contributed by atoms with Crippen LogP contribution in [0.5, 0.6) is 17.2 Å². The van der Waals surface area contributed by atoms with Crippen LogP contribution in [0.1, 0.15) is 35.2 Å². The molecular weight excluding hydrogens is 460 g/mol. The SMILES string of the molecule is COc1ccc(CN2CCN(C(=O)c3ccc4c(c3)NC(=O)[C@H]3CCCCN43)CC2)c(OC)c1OC. The van der Waals surface area contributed by atoms with Gasteiger partial charge in [0.25, 0.3) is 5.91 Å². The van der Waals surface area contributed by atoms with Crippen LogP contribution in [-0.4, -0.2) is 81.7 Å². The first-order valence-electron chi connectivity index (χ1n) is 12.5. The van der Waals surface area contributed by atoms with Gasteiger partial charge in [0.15, 0.2) is 11.5 Å². The zero-order chi connectivity index (χ0) is 25.2. The number of methoxy groups -OCH3 is 3. The fourth-order valence-corrected chi connectivity index (χ4v) is 5.55. The summed E-state index contributed by atoms with van der Waals surface area (Å²) in [5, 5.41) is 3.03. The van der Waals surface area contributed by atoms with Crippen LogP contribution in [0, 0.1) is 0 Å². The van der Waals surface area contributed by atoms with Crippen LogP contribution < -0.4 is 24.4 Å². The number of ether oxygens (including phenoxy) is 3. The Labute approximate surface area is 211 Å². The molecule has 2 fully saturated rings. The van der Waals surface area contributed by atoms with E-state index in [0.29, 0.717) is 42.4 Å². The monoisotopic (exact) mass is 494 g/mol. The van der Waals surface area contributed by atoms with Gasteiger partial charge in [-0.05, 0) is 43.5 Å². The first kappa shape index (κ1) is 24.2. The Morgan fingerprint density at radius 3 is 2.44 bits per heavy atom. The largest absolute Gasteiger partial charge is 0.493 e. The van der Waals surface area contributed by atoms with Gasteiger partial charge >= 0.3 is 0 Å². The fourth-order valence-electron chi connectivity index (χ4n) is 5.55. The van der Waals surface area contributed by atoms with Crippen LogP contribution >= 0.6 is 0 Å². The topological polar surface area (TPSA) is 83.6 Å². The van der Waals surface area contributed by atoms with E-state index in [1.165, 1.54) is 0 Å². The molecule has 36 heavy (non-hydrogen) atoms. The van der Waals surface area contributed by atoms with Crippen LogP contribution in [0.3, 0.4) is 0 Å². The highest BCUT2D eigenvalue weighted by Gasteiger charge is 2.35. The lowest BCUT2D eigenvalue weighted by Gasteiger charge is -2.41. The fraction of sp³-hybridized carbons (Fsp3) is 0.481. The van der Waals surface area contributed by atoms with Crippen LogP contribution in [-0.2, 0) is 11.3 Å². The number of nitrogens with one attached hydrogen (secondary N) is 1. The number of carbonyl (C=O) groups is 2. The molecule has 1 N–H and O–H groups in total. The average molecular weight is 495 g/mol. The standard InChI is InChI=1S/C27H34N4O5/c1-34-23-10-8-19(24(35-2)25(23)36-3)17-29-12-14-30(15-13-29)27(33)18-7-9-21-20(16-18)28-26(32)22-6-4-5-11-31(21)22/h7-10,16,22H,4-6,11-15,17H2,1-3H3,(H,28,32)/t22-/m1/s1. The molecule has 0 saturated carbocycles. The van der Waals surface area contributed by atoms with Crippen molar-refractivity contribution in [3.8, 4) is 17.2 Å². The van der Waals surface area contributed by atoms with Crippen molar-refractivity contribution in [1.29, 1.82) is 0 Å². The highest BCUT2D eigenvalue weighted by molar-refractivity contribution is 6.05. The van der Waals surface area contributed by atoms with E-state index in [9.17, 15) is 9.59 Å². The van der Waals surface area contributed by atoms with E-state index in [0.717, 1.165) is 55.8 Å². The molecule has 2 aromatic carbocycles. The first-order valence-corrected chi connectivity index (χ1v) is 12.5. The summed E-state index contributed by atoms with van der Waals surface area (Å²) in [6.45, 7) is 4.33. The molecule has 2 aromatic rings. The molecule has 0 radical (unpaired) electrons. The number of nitrogens with zero attached hydrogens (tertiary/aromatic N) is 3. The number of fused-ring (bicyclic) bond motifs is 3. The minimum Gasteiger partial charge on any atom is -0.493 e. The van der Waals surface area contributed by atoms with Crippen molar-refractivity contribution in [2.75, 3.05) is 64.3 Å². The van der Waals surface area contributed by atoms with Crippen molar-refractivity contribution in [1.82, 2.24) is 9.80 Å². The Kier molecular flexibility index (Phi) is 6.91. The zero-order valence-corrected chi connectivity index (χ0v) is 21.2. The summed E-state index contributed by atoms with van der Waals surface area (Å²) in [7, 11) is 4.84. The summed E-state index contributed by atoms with van der Waals surface area (Å²) in [5.74, 6) is 1.91. The molecule has 1 atom stereocenters. The van der Waals surface area contributed by atoms with Crippen molar-refractivity contribution in [2.45, 2.75) is 31.8 Å². The summed E-state index contributed by atoms with van der Waals surface area (Å²) in [6.07, 6.45) is 3.04. The number of piperazine rings is 1. The van der Waals surface area contributed by atoms with Crippen LogP contribution in [0.25, 0.3) is 0 Å². The van der Waals surface area contributed by atoms with Gasteiger partial charge in [0, 0.05) is 50.4 Å². The quantitative estimate of drug-likeness (QED) is 0.661. The Morgan fingerprint density at radius 1 is 0.944 bits per heavy atom. The highest BCUT2D eigenvalue weighted by Crippen LogP contribution is 2.40. The third-order valence-electron chi connectivity index (χ3n) is 7.46. The van der Waals surface area contributed by atoms with Gasteiger partial charge < -0.3 is 29.3 Å². The van der Waals surface area contributed by atoms with Gasteiger partial charge in [0.1, 0.15) is 6.04 Å². The molecule has 9 heteroatoms. The van der Waals surface area contributed by atoms with Gasteiger partial charge in [-0.15, -0.1) is 0 Å². The molecule has 0 bridgehead atoms. The summed E-state index contributed by atoms with van der Waals surface area (Å²) < 4.78 is 16.5. The van der Waals surface area contributed by atoms with Gasteiger partial charge in [0.05, 0.1) is 32.7 Å². The molecule has 0 aromatic heterocycles. The van der Waals surface area contributed by atoms with Crippen molar-refractivity contribution in [3.63, 3.8) is 0 Å². The number of hydrogen-bond donors (Lipinski definition) is 1. The molecule has 0 unspecified atom stereocenters. The number of anilines is 2. The minimum atomic E-state index is -0.0924. The Hall–Kier alpha value is -3.46. The molecular formula is C27H34N4O5. The number of amides is 2. The summed E-state index contributed by atoms with van der Waals surface area (Å²) in [5.41, 5.74) is 3.38. The number of benzene rings is 2. The smallest absolute Gasteiger partial charge is 0.254 e. The molecule has 9 nitrogen and oxygen atoms in total. The molecule has 5 rings (SSSR count). The second kappa shape index (κ2) is 10.3. The Bertz CT molecular complexity index is 1150. The van der Waals surface area contributed by atoms with Crippen molar-refractivity contribution in [2.24, 2.45) is 0 Å². The maximum absolute atomic E-state index is 13.3. The van der Waals surface area contributed by atoms with Crippen LogP contribution in [0.4, 0.5) is 11.4 Å². The van der Waals surface area contributed by atoms with E-state index in [1.54, 1.807) is 21.3 Å². The molecule has 192 valence electrons. The lowest BCUT2D eigenvalue weighted by atomic mass is 9.96. The maximum atomic E-state index is 13.3. The van der Waals surface area contributed by atoms with Crippen LogP contribution in [0.2, 0.25) is 0 Å². The zero-order valence-electron chi connectivity index (χ0n) is 21.2. The van der Waals surface area contributed by atoms with Crippen LogP contribution in [0.15, 0.2) is 30.3 Å². The lowest BCUT2D eigenvalue weighted by molar-refractivity contribution is -0.118. The normalized spacial score (nSPS) is 19.8. The molecule has 3 heterocycles. The molecule has 2 amide bonds. The van der Waals surface area contributed by atoms with Gasteiger partial charge in [-0.25, -0.2) is 0 Å². The van der Waals surface area contributed by atoms with Gasteiger partial charge in [-0.1, -0.05) is 6.07 Å². The predicted molar refractivity (Wildman–Crippen MR) is 137 cm³/mol. The average Bonchev–Trinajstić information content (AvgIpc) is 2.92.